The molecule has 0 saturated heterocycles. The van der Waals surface area contributed by atoms with Gasteiger partial charge in [-0.25, -0.2) is 9.59 Å². The highest BCUT2D eigenvalue weighted by Gasteiger charge is 2.30. The van der Waals surface area contributed by atoms with Crippen molar-refractivity contribution in [3.8, 4) is 0 Å². The van der Waals surface area contributed by atoms with Gasteiger partial charge in [0.1, 0.15) is 0 Å². The van der Waals surface area contributed by atoms with Crippen LogP contribution in [0.3, 0.4) is 0 Å². The first-order valence-electron chi connectivity index (χ1n) is 8.43. The standard InChI is InChI=1S/C15H26N4O4S2/c1-2-3-4-7-16-14(22)18-12(20)10-25-24-9-8-17-15(23)19-13(21)11-5-6-11/h11H,2-10H2,1H3,(H2,16,18,20,22)(H2,17,19,21,23). The molecule has 8 nitrogen and oxygen atoms in total. The maximum absolute atomic E-state index is 11.6. The molecule has 142 valence electrons. The summed E-state index contributed by atoms with van der Waals surface area (Å²) in [5, 5.41) is 9.76. The molecular formula is C15H26N4O4S2. The molecule has 0 aliphatic heterocycles. The van der Waals surface area contributed by atoms with Crippen LogP contribution < -0.4 is 21.3 Å². The SMILES string of the molecule is CCCCCNC(=O)NC(=O)CSSCCNC(=O)NC(=O)C1CC1. The minimum Gasteiger partial charge on any atom is -0.338 e. The highest BCUT2D eigenvalue weighted by atomic mass is 33.1. The molecule has 1 aliphatic rings. The van der Waals surface area contributed by atoms with E-state index >= 15 is 0 Å². The first-order valence-corrected chi connectivity index (χ1v) is 10.9. The highest BCUT2D eigenvalue weighted by molar-refractivity contribution is 8.76. The fraction of sp³-hybridized carbons (Fsp3) is 0.733. The third-order valence-corrected chi connectivity index (χ3v) is 5.52. The van der Waals surface area contributed by atoms with Gasteiger partial charge in [-0.05, 0) is 19.3 Å². The molecule has 1 aliphatic carbocycles. The minimum atomic E-state index is -0.486. The van der Waals surface area contributed by atoms with Gasteiger partial charge in [0.15, 0.2) is 0 Å². The number of carbonyl (C=O) groups is 4. The van der Waals surface area contributed by atoms with Crippen LogP contribution in [0.1, 0.15) is 39.0 Å². The fourth-order valence-electron chi connectivity index (χ4n) is 1.75. The topological polar surface area (TPSA) is 116 Å². The zero-order chi connectivity index (χ0) is 18.5. The number of imide groups is 2. The molecule has 0 atom stereocenters. The summed E-state index contributed by atoms with van der Waals surface area (Å²) in [6, 6.07) is -0.953. The zero-order valence-corrected chi connectivity index (χ0v) is 16.0. The Balaban J connectivity index is 1.92. The Morgan fingerprint density at radius 2 is 1.60 bits per heavy atom. The Hall–Kier alpha value is -1.42. The Morgan fingerprint density at radius 1 is 0.920 bits per heavy atom. The Labute approximate surface area is 155 Å². The molecule has 0 radical (unpaired) electrons. The molecule has 0 spiro atoms. The summed E-state index contributed by atoms with van der Waals surface area (Å²) in [5.74, 6) is 0.166. The smallest absolute Gasteiger partial charge is 0.321 e. The van der Waals surface area contributed by atoms with E-state index in [1.54, 1.807) is 0 Å². The number of unbranched alkanes of at least 4 members (excludes halogenated alkanes) is 2. The van der Waals surface area contributed by atoms with Crippen molar-refractivity contribution in [2.75, 3.05) is 24.6 Å². The number of urea groups is 2. The first-order chi connectivity index (χ1) is 12.0. The summed E-state index contributed by atoms with van der Waals surface area (Å²) in [6.45, 7) is 3.03. The van der Waals surface area contributed by atoms with Crippen LogP contribution in [0.2, 0.25) is 0 Å². The molecule has 1 saturated carbocycles. The van der Waals surface area contributed by atoms with Crippen LogP contribution in [0.25, 0.3) is 0 Å². The van der Waals surface area contributed by atoms with Gasteiger partial charge in [-0.15, -0.1) is 0 Å². The van der Waals surface area contributed by atoms with E-state index in [1.807, 2.05) is 0 Å². The van der Waals surface area contributed by atoms with Gasteiger partial charge in [-0.1, -0.05) is 41.4 Å². The molecule has 0 aromatic rings. The van der Waals surface area contributed by atoms with E-state index in [1.165, 1.54) is 21.6 Å². The molecule has 10 heteroatoms. The summed E-state index contributed by atoms with van der Waals surface area (Å²) in [6.07, 6.45) is 4.72. The van der Waals surface area contributed by atoms with E-state index in [0.717, 1.165) is 32.1 Å². The second kappa shape index (κ2) is 12.9. The Bertz CT molecular complexity index is 472. The predicted molar refractivity (Wildman–Crippen MR) is 100 cm³/mol. The van der Waals surface area contributed by atoms with Crippen LogP contribution in [0.15, 0.2) is 0 Å². The van der Waals surface area contributed by atoms with Gasteiger partial charge in [0, 0.05) is 24.8 Å². The predicted octanol–water partition coefficient (Wildman–Crippen LogP) is 1.62. The molecular weight excluding hydrogens is 364 g/mol. The molecule has 0 heterocycles. The Morgan fingerprint density at radius 3 is 2.28 bits per heavy atom. The van der Waals surface area contributed by atoms with Crippen LogP contribution in [0.4, 0.5) is 9.59 Å². The average Bonchev–Trinajstić information content (AvgIpc) is 3.39. The number of rotatable bonds is 11. The van der Waals surface area contributed by atoms with Crippen molar-refractivity contribution >= 4 is 45.5 Å². The second-order valence-electron chi connectivity index (χ2n) is 5.61. The van der Waals surface area contributed by atoms with Crippen molar-refractivity contribution in [2.45, 2.75) is 39.0 Å². The fourth-order valence-corrected chi connectivity index (χ4v) is 3.49. The van der Waals surface area contributed by atoms with E-state index in [9.17, 15) is 19.2 Å². The molecule has 0 aromatic carbocycles. The van der Waals surface area contributed by atoms with E-state index in [4.69, 9.17) is 0 Å². The van der Waals surface area contributed by atoms with Crippen LogP contribution in [0, 0.1) is 5.92 Å². The molecule has 6 amide bonds. The van der Waals surface area contributed by atoms with Gasteiger partial charge >= 0.3 is 12.1 Å². The van der Waals surface area contributed by atoms with Gasteiger partial charge in [-0.3, -0.25) is 20.2 Å². The molecule has 1 fully saturated rings. The van der Waals surface area contributed by atoms with Gasteiger partial charge in [-0.2, -0.15) is 0 Å². The summed E-state index contributed by atoms with van der Waals surface area (Å²) < 4.78 is 0. The molecule has 4 N–H and O–H groups in total. The van der Waals surface area contributed by atoms with Crippen LogP contribution >= 0.6 is 21.6 Å². The maximum Gasteiger partial charge on any atom is 0.321 e. The maximum atomic E-state index is 11.6. The molecule has 25 heavy (non-hydrogen) atoms. The van der Waals surface area contributed by atoms with Gasteiger partial charge in [0.25, 0.3) is 0 Å². The normalized spacial score (nSPS) is 13.0. The summed E-state index contributed by atoms with van der Waals surface area (Å²) >= 11 is 0. The van der Waals surface area contributed by atoms with Gasteiger partial charge in [0.2, 0.25) is 11.8 Å². The van der Waals surface area contributed by atoms with Crippen molar-refractivity contribution in [2.24, 2.45) is 5.92 Å². The lowest BCUT2D eigenvalue weighted by Gasteiger charge is -2.07. The number of nitrogens with one attached hydrogen (secondary N) is 4. The van der Waals surface area contributed by atoms with Gasteiger partial charge in [0.05, 0.1) is 5.75 Å². The van der Waals surface area contributed by atoms with Crippen molar-refractivity contribution in [1.82, 2.24) is 21.3 Å². The lowest BCUT2D eigenvalue weighted by atomic mass is 10.2. The molecule has 0 unspecified atom stereocenters. The molecule has 0 bridgehead atoms. The summed E-state index contributed by atoms with van der Waals surface area (Å²) in [4.78, 5) is 45.7. The highest BCUT2D eigenvalue weighted by Crippen LogP contribution is 2.28. The monoisotopic (exact) mass is 390 g/mol. The second-order valence-corrected chi connectivity index (χ2v) is 8.20. The zero-order valence-electron chi connectivity index (χ0n) is 14.4. The van der Waals surface area contributed by atoms with E-state index in [2.05, 4.69) is 28.2 Å². The molecule has 1 rings (SSSR count). The van der Waals surface area contributed by atoms with E-state index in [0.29, 0.717) is 18.8 Å². The number of carbonyl (C=O) groups excluding carboxylic acids is 4. The molecule has 0 aromatic heterocycles. The third kappa shape index (κ3) is 11.7. The summed E-state index contributed by atoms with van der Waals surface area (Å²) in [5.41, 5.74) is 0. The Kier molecular flexibility index (Phi) is 11.1. The van der Waals surface area contributed by atoms with Crippen LogP contribution in [-0.2, 0) is 9.59 Å². The van der Waals surface area contributed by atoms with Gasteiger partial charge < -0.3 is 10.6 Å². The first kappa shape index (κ1) is 21.6. The summed E-state index contributed by atoms with van der Waals surface area (Å²) in [7, 11) is 2.71. The third-order valence-electron chi connectivity index (χ3n) is 3.25. The van der Waals surface area contributed by atoms with Crippen molar-refractivity contribution < 1.29 is 19.2 Å². The number of hydrogen-bond donors (Lipinski definition) is 4. The lowest BCUT2D eigenvalue weighted by Crippen LogP contribution is -2.41. The van der Waals surface area contributed by atoms with Crippen molar-refractivity contribution in [3.63, 3.8) is 0 Å². The van der Waals surface area contributed by atoms with Crippen molar-refractivity contribution in [1.29, 1.82) is 0 Å². The quantitative estimate of drug-likeness (QED) is 0.315. The minimum absolute atomic E-state index is 0.00182. The number of hydrogen-bond acceptors (Lipinski definition) is 6. The van der Waals surface area contributed by atoms with E-state index < -0.39 is 12.1 Å². The lowest BCUT2D eigenvalue weighted by molar-refractivity contribution is -0.121. The number of amides is 6. The van der Waals surface area contributed by atoms with Crippen molar-refractivity contribution in [3.05, 3.63) is 0 Å². The largest absolute Gasteiger partial charge is 0.338 e. The van der Waals surface area contributed by atoms with Crippen LogP contribution in [0.5, 0.6) is 0 Å². The van der Waals surface area contributed by atoms with E-state index in [-0.39, 0.29) is 23.5 Å². The average molecular weight is 391 g/mol. The van der Waals surface area contributed by atoms with Crippen LogP contribution in [-0.4, -0.2) is 48.5 Å².